The third-order valence-electron chi connectivity index (χ3n) is 3.97. The van der Waals surface area contributed by atoms with Gasteiger partial charge < -0.3 is 9.47 Å². The largest absolute Gasteiger partial charge is 0.452 e. The standard InChI is InChI=1S/C20H24N2O5/c1-4-9-15-13(5-2)18(14-10-7-8-11-16(14)21-15)19(24)27-12-17(23)22-20(25)26-6-3/h7-8,10-11H,4-6,9,12H2,1-3H3,(H,22,23,25). The smallest absolute Gasteiger partial charge is 0.413 e. The number of amides is 2. The fraction of sp³-hybridized carbons (Fsp3) is 0.400. The van der Waals surface area contributed by atoms with Gasteiger partial charge in [0.2, 0.25) is 0 Å². The number of carbonyl (C=O) groups excluding carboxylic acids is 3. The summed E-state index contributed by atoms with van der Waals surface area (Å²) in [5.74, 6) is -1.35. The molecule has 0 fully saturated rings. The first-order valence-corrected chi connectivity index (χ1v) is 9.05. The first-order valence-electron chi connectivity index (χ1n) is 9.05. The molecule has 7 nitrogen and oxygen atoms in total. The van der Waals surface area contributed by atoms with Gasteiger partial charge in [0.05, 0.1) is 17.7 Å². The number of hydrogen-bond donors (Lipinski definition) is 1. The molecule has 2 amide bonds. The number of esters is 1. The number of alkyl carbamates (subject to hydrolysis) is 1. The normalized spacial score (nSPS) is 10.5. The second-order valence-corrected chi connectivity index (χ2v) is 5.88. The van der Waals surface area contributed by atoms with E-state index < -0.39 is 24.6 Å². The Morgan fingerprint density at radius 3 is 2.48 bits per heavy atom. The topological polar surface area (TPSA) is 94.6 Å². The highest BCUT2D eigenvalue weighted by Gasteiger charge is 2.21. The molecule has 0 aliphatic heterocycles. The van der Waals surface area contributed by atoms with E-state index in [0.717, 1.165) is 24.1 Å². The van der Waals surface area contributed by atoms with E-state index in [2.05, 4.69) is 9.72 Å². The van der Waals surface area contributed by atoms with Crippen LogP contribution in [0.1, 0.15) is 48.8 Å². The summed E-state index contributed by atoms with van der Waals surface area (Å²) in [5, 5.41) is 2.68. The number of para-hydroxylation sites is 1. The van der Waals surface area contributed by atoms with E-state index in [1.807, 2.05) is 43.4 Å². The number of carbonyl (C=O) groups is 3. The van der Waals surface area contributed by atoms with Gasteiger partial charge in [0.1, 0.15) is 0 Å². The Hall–Kier alpha value is -2.96. The maximum absolute atomic E-state index is 12.8. The number of aryl methyl sites for hydroxylation is 1. The van der Waals surface area contributed by atoms with Crippen molar-refractivity contribution in [1.29, 1.82) is 0 Å². The van der Waals surface area contributed by atoms with Gasteiger partial charge in [0, 0.05) is 11.1 Å². The predicted molar refractivity (Wildman–Crippen MR) is 101 cm³/mol. The van der Waals surface area contributed by atoms with E-state index in [1.54, 1.807) is 6.92 Å². The minimum absolute atomic E-state index is 0.141. The molecule has 1 heterocycles. The number of rotatable bonds is 7. The van der Waals surface area contributed by atoms with E-state index in [9.17, 15) is 14.4 Å². The van der Waals surface area contributed by atoms with Crippen molar-refractivity contribution in [3.8, 4) is 0 Å². The number of imide groups is 1. The van der Waals surface area contributed by atoms with E-state index >= 15 is 0 Å². The SMILES string of the molecule is CCCc1nc2ccccc2c(C(=O)OCC(=O)NC(=O)OCC)c1CC. The summed E-state index contributed by atoms with van der Waals surface area (Å²) < 4.78 is 9.79. The van der Waals surface area contributed by atoms with Crippen molar-refractivity contribution in [2.45, 2.75) is 40.0 Å². The summed E-state index contributed by atoms with van der Waals surface area (Å²) in [6.45, 7) is 5.20. The van der Waals surface area contributed by atoms with Gasteiger partial charge in [0.15, 0.2) is 6.61 Å². The van der Waals surface area contributed by atoms with Crippen molar-refractivity contribution in [2.75, 3.05) is 13.2 Å². The zero-order chi connectivity index (χ0) is 19.8. The Morgan fingerprint density at radius 1 is 1.07 bits per heavy atom. The third kappa shape index (κ3) is 5.03. The van der Waals surface area contributed by atoms with Crippen molar-refractivity contribution < 1.29 is 23.9 Å². The Balaban J connectivity index is 2.28. The van der Waals surface area contributed by atoms with Crippen LogP contribution in [-0.2, 0) is 27.1 Å². The minimum atomic E-state index is -0.868. The molecule has 1 aromatic carbocycles. The number of pyridine rings is 1. The van der Waals surface area contributed by atoms with Gasteiger partial charge in [-0.25, -0.2) is 9.59 Å². The molecule has 0 atom stereocenters. The van der Waals surface area contributed by atoms with Crippen molar-refractivity contribution in [3.05, 3.63) is 41.1 Å². The van der Waals surface area contributed by atoms with Crippen LogP contribution in [0, 0.1) is 0 Å². The lowest BCUT2D eigenvalue weighted by Gasteiger charge is -2.15. The molecule has 2 aromatic rings. The average molecular weight is 372 g/mol. The van der Waals surface area contributed by atoms with Crippen molar-refractivity contribution in [1.82, 2.24) is 10.3 Å². The molecule has 0 spiro atoms. The van der Waals surface area contributed by atoms with Crippen LogP contribution in [0.4, 0.5) is 4.79 Å². The summed E-state index contributed by atoms with van der Waals surface area (Å²) >= 11 is 0. The lowest BCUT2D eigenvalue weighted by molar-refractivity contribution is -0.123. The zero-order valence-electron chi connectivity index (χ0n) is 15.8. The maximum Gasteiger partial charge on any atom is 0.413 e. The van der Waals surface area contributed by atoms with E-state index in [-0.39, 0.29) is 6.61 Å². The van der Waals surface area contributed by atoms with E-state index in [4.69, 9.17) is 4.74 Å². The molecule has 0 aliphatic carbocycles. The van der Waals surface area contributed by atoms with Crippen LogP contribution in [0.2, 0.25) is 0 Å². The number of fused-ring (bicyclic) bond motifs is 1. The van der Waals surface area contributed by atoms with Crippen LogP contribution in [0.25, 0.3) is 10.9 Å². The summed E-state index contributed by atoms with van der Waals surface area (Å²) in [4.78, 5) is 40.5. The Bertz CT molecular complexity index is 848. The predicted octanol–water partition coefficient (Wildman–Crippen LogP) is 3.18. The van der Waals surface area contributed by atoms with Gasteiger partial charge in [0.25, 0.3) is 5.91 Å². The van der Waals surface area contributed by atoms with Crippen molar-refractivity contribution >= 4 is 28.9 Å². The third-order valence-corrected chi connectivity index (χ3v) is 3.97. The lowest BCUT2D eigenvalue weighted by Crippen LogP contribution is -2.34. The van der Waals surface area contributed by atoms with Gasteiger partial charge in [-0.2, -0.15) is 0 Å². The number of aromatic nitrogens is 1. The molecule has 1 N–H and O–H groups in total. The molecule has 0 saturated carbocycles. The quantitative estimate of drug-likeness (QED) is 0.750. The molecule has 0 saturated heterocycles. The van der Waals surface area contributed by atoms with Crippen LogP contribution in [0.3, 0.4) is 0 Å². The highest BCUT2D eigenvalue weighted by molar-refractivity contribution is 6.05. The second kappa shape index (κ2) is 9.66. The Kier molecular flexibility index (Phi) is 7.28. The molecular formula is C20H24N2O5. The summed E-state index contributed by atoms with van der Waals surface area (Å²) in [5.41, 5.74) is 2.82. The first-order chi connectivity index (χ1) is 13.0. The minimum Gasteiger partial charge on any atom is -0.452 e. The van der Waals surface area contributed by atoms with E-state index in [1.165, 1.54) is 0 Å². The van der Waals surface area contributed by atoms with Crippen LogP contribution < -0.4 is 5.32 Å². The molecule has 7 heteroatoms. The number of ether oxygens (including phenoxy) is 2. The molecule has 0 radical (unpaired) electrons. The molecular weight excluding hydrogens is 348 g/mol. The zero-order valence-corrected chi connectivity index (χ0v) is 15.8. The molecule has 1 aromatic heterocycles. The molecule has 0 bridgehead atoms. The monoisotopic (exact) mass is 372 g/mol. The van der Waals surface area contributed by atoms with Gasteiger partial charge in [-0.1, -0.05) is 38.5 Å². The summed E-state index contributed by atoms with van der Waals surface area (Å²) in [6, 6.07) is 7.34. The summed E-state index contributed by atoms with van der Waals surface area (Å²) in [6.07, 6.45) is 1.39. The van der Waals surface area contributed by atoms with Crippen molar-refractivity contribution in [2.24, 2.45) is 0 Å². The van der Waals surface area contributed by atoms with Crippen molar-refractivity contribution in [3.63, 3.8) is 0 Å². The first kappa shape index (κ1) is 20.4. The molecule has 0 aliphatic rings. The molecule has 144 valence electrons. The van der Waals surface area contributed by atoms with Crippen LogP contribution >= 0.6 is 0 Å². The van der Waals surface area contributed by atoms with Crippen LogP contribution in [0.5, 0.6) is 0 Å². The molecule has 0 unspecified atom stereocenters. The van der Waals surface area contributed by atoms with E-state index in [0.29, 0.717) is 22.9 Å². The maximum atomic E-state index is 12.8. The van der Waals surface area contributed by atoms with Gasteiger partial charge in [-0.3, -0.25) is 15.1 Å². The highest BCUT2D eigenvalue weighted by atomic mass is 16.6. The van der Waals surface area contributed by atoms with Gasteiger partial charge in [-0.05, 0) is 31.4 Å². The van der Waals surface area contributed by atoms with Gasteiger partial charge in [-0.15, -0.1) is 0 Å². The Labute approximate surface area is 158 Å². The fourth-order valence-electron chi connectivity index (χ4n) is 2.88. The number of nitrogens with one attached hydrogen (secondary N) is 1. The number of hydrogen-bond acceptors (Lipinski definition) is 6. The lowest BCUT2D eigenvalue weighted by atomic mass is 9.96. The van der Waals surface area contributed by atoms with Gasteiger partial charge >= 0.3 is 12.1 Å². The molecule has 27 heavy (non-hydrogen) atoms. The molecule has 2 rings (SSSR count). The fourth-order valence-corrected chi connectivity index (χ4v) is 2.88. The summed E-state index contributed by atoms with van der Waals surface area (Å²) in [7, 11) is 0. The van der Waals surface area contributed by atoms with Crippen LogP contribution in [-0.4, -0.2) is 36.2 Å². The van der Waals surface area contributed by atoms with Crippen LogP contribution in [0.15, 0.2) is 24.3 Å². The number of nitrogens with zero attached hydrogens (tertiary/aromatic N) is 1. The second-order valence-electron chi connectivity index (χ2n) is 5.88. The average Bonchev–Trinajstić information content (AvgIpc) is 2.65. The highest BCUT2D eigenvalue weighted by Crippen LogP contribution is 2.26. The Morgan fingerprint density at radius 2 is 1.81 bits per heavy atom. The number of benzene rings is 1.